The van der Waals surface area contributed by atoms with Gasteiger partial charge in [0.25, 0.3) is 0 Å². The molecule has 0 bridgehead atoms. The van der Waals surface area contributed by atoms with Gasteiger partial charge in [0.2, 0.25) is 0 Å². The lowest BCUT2D eigenvalue weighted by atomic mass is 9.97. The van der Waals surface area contributed by atoms with Gasteiger partial charge in [-0.25, -0.2) is 0 Å². The van der Waals surface area contributed by atoms with Crippen molar-refractivity contribution in [3.63, 3.8) is 0 Å². The first kappa shape index (κ1) is 31.2. The predicted molar refractivity (Wildman–Crippen MR) is 229 cm³/mol. The molecule has 11 aromatic rings. The highest BCUT2D eigenvalue weighted by atomic mass is 16.3. The third kappa shape index (κ3) is 5.28. The zero-order valence-corrected chi connectivity index (χ0v) is 29.8. The minimum Gasteiger partial charge on any atom is -0.456 e. The number of anilines is 3. The number of nitrogens with zero attached hydrogens (tertiary/aromatic N) is 1. The summed E-state index contributed by atoms with van der Waals surface area (Å²) in [4.78, 5) is 2.34. The molecular formula is C52H33NO2. The minimum atomic E-state index is 0.898. The summed E-state index contributed by atoms with van der Waals surface area (Å²) in [6, 6.07) is 71.0. The molecule has 9 aromatic carbocycles. The number of hydrogen-bond donors (Lipinski definition) is 0. The number of rotatable bonds is 6. The maximum atomic E-state index is 6.47. The highest BCUT2D eigenvalue weighted by Crippen LogP contribution is 2.42. The van der Waals surface area contributed by atoms with Crippen LogP contribution in [0.2, 0.25) is 0 Å². The Kier molecular flexibility index (Phi) is 7.17. The summed E-state index contributed by atoms with van der Waals surface area (Å²) in [5.41, 5.74) is 13.7. The first-order valence-electron chi connectivity index (χ1n) is 18.7. The molecule has 0 N–H and O–H groups in total. The van der Waals surface area contributed by atoms with Gasteiger partial charge in [0.15, 0.2) is 0 Å². The molecule has 0 unspecified atom stereocenters. The topological polar surface area (TPSA) is 29.5 Å². The Balaban J connectivity index is 1.02. The van der Waals surface area contributed by atoms with Crippen molar-refractivity contribution < 1.29 is 8.83 Å². The highest BCUT2D eigenvalue weighted by molar-refractivity contribution is 6.19. The van der Waals surface area contributed by atoms with Gasteiger partial charge in [0.05, 0.1) is 0 Å². The fourth-order valence-corrected chi connectivity index (χ4v) is 8.19. The lowest BCUT2D eigenvalue weighted by Gasteiger charge is -2.26. The van der Waals surface area contributed by atoms with Crippen LogP contribution in [0, 0.1) is 0 Å². The standard InChI is InChI=1S/C52H33NO2/c1-2-10-34(11-3-1)35-22-27-40(28-23-35)53(42-13-8-12-39(32-42)43-16-9-17-45-44-14-4-6-18-48(44)55-52(43)45)41-29-24-36(25-30-41)38-21-20-37-26-31-50-51(47(37)33-38)46-15-5-7-19-49(46)54-50/h1-33H. The van der Waals surface area contributed by atoms with Crippen LogP contribution in [0.15, 0.2) is 209 Å². The van der Waals surface area contributed by atoms with Crippen molar-refractivity contribution in [1.29, 1.82) is 0 Å². The first-order valence-corrected chi connectivity index (χ1v) is 18.7. The summed E-state index contributed by atoms with van der Waals surface area (Å²) in [7, 11) is 0. The number of para-hydroxylation sites is 3. The van der Waals surface area contributed by atoms with Crippen molar-refractivity contribution in [2.24, 2.45) is 0 Å². The van der Waals surface area contributed by atoms with Gasteiger partial charge >= 0.3 is 0 Å². The number of furan rings is 2. The SMILES string of the molecule is c1ccc(-c2ccc(N(c3ccc(-c4ccc5ccc6oc7ccccc7c6c5c4)cc3)c3cccc(-c4cccc5c4oc4ccccc45)c3)cc2)cc1. The van der Waals surface area contributed by atoms with Gasteiger partial charge in [-0.3, -0.25) is 0 Å². The van der Waals surface area contributed by atoms with Crippen LogP contribution < -0.4 is 4.90 Å². The van der Waals surface area contributed by atoms with Crippen molar-refractivity contribution in [3.05, 3.63) is 200 Å². The third-order valence-corrected chi connectivity index (χ3v) is 10.9. The Morgan fingerprint density at radius 1 is 0.309 bits per heavy atom. The highest BCUT2D eigenvalue weighted by Gasteiger charge is 2.17. The summed E-state index contributed by atoms with van der Waals surface area (Å²) in [5, 5.41) is 6.95. The van der Waals surface area contributed by atoms with E-state index in [-0.39, 0.29) is 0 Å². The summed E-state index contributed by atoms with van der Waals surface area (Å²) >= 11 is 0. The molecule has 55 heavy (non-hydrogen) atoms. The maximum Gasteiger partial charge on any atom is 0.143 e. The summed E-state index contributed by atoms with van der Waals surface area (Å²) in [6.45, 7) is 0. The van der Waals surface area contributed by atoms with Crippen molar-refractivity contribution in [2.75, 3.05) is 4.90 Å². The van der Waals surface area contributed by atoms with Gasteiger partial charge in [-0.1, -0.05) is 140 Å². The number of hydrogen-bond acceptors (Lipinski definition) is 3. The average molecular weight is 704 g/mol. The molecule has 0 aliphatic rings. The summed E-state index contributed by atoms with van der Waals surface area (Å²) < 4.78 is 12.7. The van der Waals surface area contributed by atoms with Crippen LogP contribution >= 0.6 is 0 Å². The molecular weight excluding hydrogens is 671 g/mol. The van der Waals surface area contributed by atoms with Crippen LogP contribution in [0.4, 0.5) is 17.1 Å². The van der Waals surface area contributed by atoms with E-state index in [1.807, 2.05) is 24.3 Å². The number of benzene rings is 9. The van der Waals surface area contributed by atoms with E-state index in [1.54, 1.807) is 0 Å². The maximum absolute atomic E-state index is 6.47. The van der Waals surface area contributed by atoms with E-state index >= 15 is 0 Å². The molecule has 2 aromatic heterocycles. The van der Waals surface area contributed by atoms with E-state index in [1.165, 1.54) is 21.9 Å². The van der Waals surface area contributed by atoms with E-state index in [9.17, 15) is 0 Å². The smallest absolute Gasteiger partial charge is 0.143 e. The van der Waals surface area contributed by atoms with Crippen molar-refractivity contribution in [2.45, 2.75) is 0 Å². The molecule has 0 saturated heterocycles. The Bertz CT molecular complexity index is 3190. The minimum absolute atomic E-state index is 0.898. The van der Waals surface area contributed by atoms with Crippen LogP contribution in [0.25, 0.3) is 88.0 Å². The largest absolute Gasteiger partial charge is 0.456 e. The zero-order valence-electron chi connectivity index (χ0n) is 29.8. The lowest BCUT2D eigenvalue weighted by Crippen LogP contribution is -2.10. The lowest BCUT2D eigenvalue weighted by molar-refractivity contribution is 0.669. The predicted octanol–water partition coefficient (Wildman–Crippen LogP) is 15.1. The first-order chi connectivity index (χ1) is 27.2. The molecule has 0 spiro atoms. The van der Waals surface area contributed by atoms with Gasteiger partial charge in [-0.05, 0) is 99.3 Å². The van der Waals surface area contributed by atoms with E-state index in [0.717, 1.165) is 83.2 Å². The summed E-state index contributed by atoms with van der Waals surface area (Å²) in [5.74, 6) is 0. The van der Waals surface area contributed by atoms with Gasteiger partial charge in [-0.2, -0.15) is 0 Å². The van der Waals surface area contributed by atoms with Gasteiger partial charge in [0.1, 0.15) is 22.3 Å². The van der Waals surface area contributed by atoms with Crippen LogP contribution in [-0.2, 0) is 0 Å². The number of fused-ring (bicyclic) bond motifs is 8. The summed E-state index contributed by atoms with van der Waals surface area (Å²) in [6.07, 6.45) is 0. The van der Waals surface area contributed by atoms with Gasteiger partial charge < -0.3 is 13.7 Å². The molecule has 0 radical (unpaired) electrons. The molecule has 3 heteroatoms. The second-order valence-electron chi connectivity index (χ2n) is 14.1. The molecule has 0 aliphatic carbocycles. The second kappa shape index (κ2) is 12.6. The molecule has 0 saturated carbocycles. The van der Waals surface area contributed by atoms with E-state index in [0.29, 0.717) is 0 Å². The Hall–Kier alpha value is -7.36. The normalized spacial score (nSPS) is 11.6. The molecule has 258 valence electrons. The molecule has 3 nitrogen and oxygen atoms in total. The quantitative estimate of drug-likeness (QED) is 0.173. The van der Waals surface area contributed by atoms with E-state index in [2.05, 4.69) is 181 Å². The molecule has 2 heterocycles. The van der Waals surface area contributed by atoms with Crippen LogP contribution in [0.1, 0.15) is 0 Å². The van der Waals surface area contributed by atoms with Crippen molar-refractivity contribution >= 4 is 71.7 Å². The van der Waals surface area contributed by atoms with E-state index < -0.39 is 0 Å². The van der Waals surface area contributed by atoms with Crippen LogP contribution in [0.3, 0.4) is 0 Å². The van der Waals surface area contributed by atoms with Gasteiger partial charge in [-0.15, -0.1) is 0 Å². The molecule has 0 fully saturated rings. The van der Waals surface area contributed by atoms with Crippen LogP contribution in [-0.4, -0.2) is 0 Å². The Labute approximate surface area is 317 Å². The van der Waals surface area contributed by atoms with E-state index in [4.69, 9.17) is 8.83 Å². The molecule has 0 atom stereocenters. The van der Waals surface area contributed by atoms with Crippen molar-refractivity contribution in [3.8, 4) is 33.4 Å². The Morgan fingerprint density at radius 3 is 1.67 bits per heavy atom. The third-order valence-electron chi connectivity index (χ3n) is 10.9. The molecule has 0 amide bonds. The van der Waals surface area contributed by atoms with Gasteiger partial charge in [0, 0.05) is 44.2 Å². The molecule has 0 aliphatic heterocycles. The fourth-order valence-electron chi connectivity index (χ4n) is 8.19. The molecule has 11 rings (SSSR count). The Morgan fingerprint density at radius 2 is 0.891 bits per heavy atom. The zero-order chi connectivity index (χ0) is 36.3. The van der Waals surface area contributed by atoms with Crippen LogP contribution in [0.5, 0.6) is 0 Å². The average Bonchev–Trinajstić information content (AvgIpc) is 3.84. The fraction of sp³-hybridized carbons (Fsp3) is 0. The monoisotopic (exact) mass is 703 g/mol. The van der Waals surface area contributed by atoms with Crippen molar-refractivity contribution in [1.82, 2.24) is 0 Å². The second-order valence-corrected chi connectivity index (χ2v) is 14.1.